The summed E-state index contributed by atoms with van der Waals surface area (Å²) in [6.07, 6.45) is 5.73. The lowest BCUT2D eigenvalue weighted by Crippen LogP contribution is -2.54. The molecular formula is C27H29N3O. The Balaban J connectivity index is 1.31. The zero-order chi connectivity index (χ0) is 21.4. The van der Waals surface area contributed by atoms with Crippen molar-refractivity contribution >= 4 is 5.91 Å². The van der Waals surface area contributed by atoms with Crippen LogP contribution in [-0.2, 0) is 6.54 Å². The molecule has 0 N–H and O–H groups in total. The maximum absolute atomic E-state index is 12.9. The Morgan fingerprint density at radius 3 is 2.42 bits per heavy atom. The third-order valence-electron chi connectivity index (χ3n) is 6.83. The molecule has 0 radical (unpaired) electrons. The predicted molar refractivity (Wildman–Crippen MR) is 124 cm³/mol. The number of nitrogens with zero attached hydrogens (tertiary/aromatic N) is 3. The SMILES string of the molecule is Cc1ccc(-c2cccc(CN3C4CCC3CN(C(=O)c3ccncc3)C4)c2)c(C)c1. The second-order valence-electron chi connectivity index (χ2n) is 9.02. The number of fused-ring (bicyclic) bond motifs is 2. The first kappa shape index (κ1) is 20.0. The number of piperazine rings is 1. The van der Waals surface area contributed by atoms with Crippen molar-refractivity contribution in [1.82, 2.24) is 14.8 Å². The number of likely N-dealkylation sites (tertiary alicyclic amines) is 1. The molecule has 0 aliphatic carbocycles. The highest BCUT2D eigenvalue weighted by molar-refractivity contribution is 5.94. The molecule has 2 aromatic carbocycles. The highest BCUT2D eigenvalue weighted by Crippen LogP contribution is 2.33. The van der Waals surface area contributed by atoms with Gasteiger partial charge in [0.05, 0.1) is 0 Å². The first-order valence-corrected chi connectivity index (χ1v) is 11.2. The van der Waals surface area contributed by atoms with Crippen molar-refractivity contribution in [3.8, 4) is 11.1 Å². The van der Waals surface area contributed by atoms with Gasteiger partial charge in [-0.2, -0.15) is 0 Å². The van der Waals surface area contributed by atoms with Crippen LogP contribution in [0.3, 0.4) is 0 Å². The summed E-state index contributed by atoms with van der Waals surface area (Å²) < 4.78 is 0. The highest BCUT2D eigenvalue weighted by atomic mass is 16.2. The molecule has 2 saturated heterocycles. The molecule has 31 heavy (non-hydrogen) atoms. The summed E-state index contributed by atoms with van der Waals surface area (Å²) in [5.41, 5.74) is 7.30. The Hall–Kier alpha value is -2.98. The lowest BCUT2D eigenvalue weighted by molar-refractivity contribution is 0.0423. The van der Waals surface area contributed by atoms with Crippen LogP contribution in [0, 0.1) is 13.8 Å². The average Bonchev–Trinajstić information content (AvgIpc) is 3.01. The number of pyridine rings is 1. The first-order chi connectivity index (χ1) is 15.1. The number of carbonyl (C=O) groups excluding carboxylic acids is 1. The minimum Gasteiger partial charge on any atom is -0.336 e. The standard InChI is InChI=1S/C27H29N3O/c1-19-6-9-26(20(2)14-19)23-5-3-4-21(15-23)16-30-24-7-8-25(30)18-29(17-24)27(31)22-10-12-28-13-11-22/h3-6,9-15,24-25H,7-8,16-18H2,1-2H3. The fraction of sp³-hybridized carbons (Fsp3) is 0.333. The van der Waals surface area contributed by atoms with Crippen LogP contribution < -0.4 is 0 Å². The number of hydrogen-bond acceptors (Lipinski definition) is 3. The van der Waals surface area contributed by atoms with Crippen LogP contribution in [0.15, 0.2) is 67.0 Å². The van der Waals surface area contributed by atoms with Crippen molar-refractivity contribution in [3.05, 3.63) is 89.2 Å². The molecule has 158 valence electrons. The molecular weight excluding hydrogens is 382 g/mol. The fourth-order valence-electron chi connectivity index (χ4n) is 5.28. The van der Waals surface area contributed by atoms with E-state index in [9.17, 15) is 4.79 Å². The van der Waals surface area contributed by atoms with Gasteiger partial charge < -0.3 is 4.90 Å². The molecule has 2 atom stereocenters. The van der Waals surface area contributed by atoms with E-state index in [4.69, 9.17) is 0 Å². The van der Waals surface area contributed by atoms with Crippen molar-refractivity contribution in [2.45, 2.75) is 45.3 Å². The van der Waals surface area contributed by atoms with Crippen molar-refractivity contribution in [3.63, 3.8) is 0 Å². The van der Waals surface area contributed by atoms with E-state index in [1.807, 2.05) is 17.0 Å². The second-order valence-corrected chi connectivity index (χ2v) is 9.02. The van der Waals surface area contributed by atoms with Crippen LogP contribution in [0.2, 0.25) is 0 Å². The fourth-order valence-corrected chi connectivity index (χ4v) is 5.28. The smallest absolute Gasteiger partial charge is 0.254 e. The molecule has 0 saturated carbocycles. The van der Waals surface area contributed by atoms with Crippen molar-refractivity contribution in [2.24, 2.45) is 0 Å². The van der Waals surface area contributed by atoms with Crippen LogP contribution >= 0.6 is 0 Å². The molecule has 2 bridgehead atoms. The summed E-state index contributed by atoms with van der Waals surface area (Å²) >= 11 is 0. The van der Waals surface area contributed by atoms with Gasteiger partial charge in [0.15, 0.2) is 0 Å². The molecule has 1 aromatic heterocycles. The van der Waals surface area contributed by atoms with E-state index in [0.717, 1.165) is 25.2 Å². The predicted octanol–water partition coefficient (Wildman–Crippen LogP) is 4.85. The molecule has 2 aliphatic heterocycles. The number of amides is 1. The summed E-state index contributed by atoms with van der Waals surface area (Å²) in [7, 11) is 0. The highest BCUT2D eigenvalue weighted by Gasteiger charge is 2.41. The quantitative estimate of drug-likeness (QED) is 0.615. The van der Waals surface area contributed by atoms with Crippen molar-refractivity contribution in [2.75, 3.05) is 13.1 Å². The molecule has 2 fully saturated rings. The van der Waals surface area contributed by atoms with Gasteiger partial charge in [-0.3, -0.25) is 14.7 Å². The topological polar surface area (TPSA) is 36.4 Å². The van der Waals surface area contributed by atoms with E-state index in [0.29, 0.717) is 12.1 Å². The van der Waals surface area contributed by atoms with Crippen molar-refractivity contribution < 1.29 is 4.79 Å². The van der Waals surface area contributed by atoms with Gasteiger partial charge in [0.2, 0.25) is 0 Å². The number of benzene rings is 2. The summed E-state index contributed by atoms with van der Waals surface area (Å²) in [5, 5.41) is 0. The largest absolute Gasteiger partial charge is 0.336 e. The van der Waals surface area contributed by atoms with E-state index in [2.05, 4.69) is 66.2 Å². The Morgan fingerprint density at radius 1 is 0.968 bits per heavy atom. The number of hydrogen-bond donors (Lipinski definition) is 0. The monoisotopic (exact) mass is 411 g/mol. The van der Waals surface area contributed by atoms with E-state index in [1.54, 1.807) is 12.4 Å². The van der Waals surface area contributed by atoms with Gasteiger partial charge in [-0.15, -0.1) is 0 Å². The Kier molecular flexibility index (Phi) is 5.33. The van der Waals surface area contributed by atoms with Gasteiger partial charge >= 0.3 is 0 Å². The van der Waals surface area contributed by atoms with Gasteiger partial charge in [-0.1, -0.05) is 42.0 Å². The Labute approximate surface area is 184 Å². The molecule has 3 heterocycles. The minimum absolute atomic E-state index is 0.135. The van der Waals surface area contributed by atoms with Crippen LogP contribution in [0.5, 0.6) is 0 Å². The van der Waals surface area contributed by atoms with Crippen molar-refractivity contribution in [1.29, 1.82) is 0 Å². The first-order valence-electron chi connectivity index (χ1n) is 11.2. The summed E-state index contributed by atoms with van der Waals surface area (Å²) in [6.45, 7) is 6.91. The maximum Gasteiger partial charge on any atom is 0.254 e. The zero-order valence-corrected chi connectivity index (χ0v) is 18.3. The molecule has 5 rings (SSSR count). The minimum atomic E-state index is 0.135. The maximum atomic E-state index is 12.9. The van der Waals surface area contributed by atoms with Gasteiger partial charge in [-0.05, 0) is 67.1 Å². The summed E-state index contributed by atoms with van der Waals surface area (Å²) in [5.74, 6) is 0.135. The van der Waals surface area contributed by atoms with Crippen LogP contribution in [0.25, 0.3) is 11.1 Å². The third-order valence-corrected chi connectivity index (χ3v) is 6.83. The molecule has 2 aliphatic rings. The van der Waals surface area contributed by atoms with Gasteiger partial charge in [0.25, 0.3) is 5.91 Å². The lowest BCUT2D eigenvalue weighted by atomic mass is 9.97. The van der Waals surface area contributed by atoms with E-state index in [-0.39, 0.29) is 5.91 Å². The second kappa shape index (κ2) is 8.27. The summed E-state index contributed by atoms with van der Waals surface area (Å²) in [4.78, 5) is 21.6. The normalized spacial score (nSPS) is 20.8. The number of rotatable bonds is 4. The molecule has 0 spiro atoms. The van der Waals surface area contributed by atoms with Gasteiger partial charge in [0, 0.05) is 49.7 Å². The molecule has 4 nitrogen and oxygen atoms in total. The lowest BCUT2D eigenvalue weighted by Gasteiger charge is -2.41. The average molecular weight is 412 g/mol. The number of aryl methyl sites for hydroxylation is 2. The van der Waals surface area contributed by atoms with Crippen LogP contribution in [0.1, 0.15) is 39.9 Å². The molecule has 4 heteroatoms. The molecule has 3 aromatic rings. The van der Waals surface area contributed by atoms with Gasteiger partial charge in [-0.25, -0.2) is 0 Å². The molecule has 2 unspecified atom stereocenters. The number of aromatic nitrogens is 1. The molecule has 1 amide bonds. The van der Waals surface area contributed by atoms with Crippen LogP contribution in [0.4, 0.5) is 0 Å². The van der Waals surface area contributed by atoms with E-state index >= 15 is 0 Å². The van der Waals surface area contributed by atoms with Crippen LogP contribution in [-0.4, -0.2) is 45.9 Å². The zero-order valence-electron chi connectivity index (χ0n) is 18.3. The third kappa shape index (κ3) is 4.00. The number of carbonyl (C=O) groups is 1. The van der Waals surface area contributed by atoms with E-state index < -0.39 is 0 Å². The van der Waals surface area contributed by atoms with E-state index in [1.165, 1.54) is 40.7 Å². The Bertz CT molecular complexity index is 1080. The summed E-state index contributed by atoms with van der Waals surface area (Å²) in [6, 6.07) is 20.1. The Morgan fingerprint density at radius 2 is 1.71 bits per heavy atom. The van der Waals surface area contributed by atoms with Gasteiger partial charge in [0.1, 0.15) is 0 Å².